The van der Waals surface area contributed by atoms with Crippen molar-refractivity contribution < 1.29 is 19.2 Å². The molecule has 24 heavy (non-hydrogen) atoms. The van der Waals surface area contributed by atoms with Crippen LogP contribution in [0.5, 0.6) is 0 Å². The molecule has 1 aromatic rings. The first-order chi connectivity index (χ1) is 11.2. The lowest BCUT2D eigenvalue weighted by Crippen LogP contribution is -2.40. The van der Waals surface area contributed by atoms with Gasteiger partial charge in [-0.15, -0.1) is 0 Å². The molecule has 0 bridgehead atoms. The van der Waals surface area contributed by atoms with Crippen LogP contribution in [0.4, 0.5) is 4.79 Å². The minimum Gasteiger partial charge on any atom is -0.444 e. The summed E-state index contributed by atoms with van der Waals surface area (Å²) in [7, 11) is 1.60. The molecule has 1 aromatic heterocycles. The Morgan fingerprint density at radius 3 is 2.75 bits per heavy atom. The molecule has 2 aliphatic heterocycles. The van der Waals surface area contributed by atoms with E-state index in [1.807, 2.05) is 27.7 Å². The molecule has 0 saturated carbocycles. The van der Waals surface area contributed by atoms with Crippen LogP contribution in [0.25, 0.3) is 0 Å². The fourth-order valence-electron chi connectivity index (χ4n) is 3.02. The van der Waals surface area contributed by atoms with Gasteiger partial charge in [0.15, 0.2) is 0 Å². The fraction of sp³-hybridized carbons (Fsp3) is 0.688. The van der Waals surface area contributed by atoms with Gasteiger partial charge in [0.05, 0.1) is 18.8 Å². The lowest BCUT2D eigenvalue weighted by molar-refractivity contribution is -0.141. The maximum Gasteiger partial charge on any atom is 0.410 e. The summed E-state index contributed by atoms with van der Waals surface area (Å²) in [6, 6.07) is 0. The molecule has 0 fully saturated rings. The summed E-state index contributed by atoms with van der Waals surface area (Å²) in [6.07, 6.45) is 0.0940. The minimum absolute atomic E-state index is 0.150. The van der Waals surface area contributed by atoms with Gasteiger partial charge in [0.25, 0.3) is 5.91 Å². The van der Waals surface area contributed by atoms with Crippen LogP contribution in [-0.2, 0) is 29.1 Å². The zero-order valence-electron chi connectivity index (χ0n) is 14.8. The smallest absolute Gasteiger partial charge is 0.410 e. The third-order valence-electron chi connectivity index (χ3n) is 4.01. The molecular formula is C16H24N4O4. The molecule has 2 aliphatic rings. The van der Waals surface area contributed by atoms with E-state index in [9.17, 15) is 9.59 Å². The van der Waals surface area contributed by atoms with Crippen molar-refractivity contribution in [2.75, 3.05) is 13.6 Å². The number of rotatable bonds is 0. The molecule has 1 unspecified atom stereocenters. The van der Waals surface area contributed by atoms with Crippen molar-refractivity contribution >= 4 is 12.0 Å². The Bertz CT molecular complexity index is 676. The van der Waals surface area contributed by atoms with Crippen molar-refractivity contribution in [1.29, 1.82) is 0 Å². The van der Waals surface area contributed by atoms with Crippen LogP contribution >= 0.6 is 0 Å². The van der Waals surface area contributed by atoms with E-state index in [1.54, 1.807) is 16.6 Å². The summed E-state index contributed by atoms with van der Waals surface area (Å²) >= 11 is 0. The SMILES string of the molecule is CC1Cn2nc3c(c2C(=O)N(C)O1)CN(C(=O)OC(C)(C)C)CC3. The van der Waals surface area contributed by atoms with Gasteiger partial charge < -0.3 is 9.64 Å². The quantitative estimate of drug-likeness (QED) is 0.719. The topological polar surface area (TPSA) is 76.9 Å². The average Bonchev–Trinajstić information content (AvgIpc) is 2.75. The van der Waals surface area contributed by atoms with Crippen molar-refractivity contribution in [2.24, 2.45) is 0 Å². The Labute approximate surface area is 141 Å². The van der Waals surface area contributed by atoms with Crippen molar-refractivity contribution in [3.63, 3.8) is 0 Å². The van der Waals surface area contributed by atoms with Crippen LogP contribution in [0.3, 0.4) is 0 Å². The van der Waals surface area contributed by atoms with Crippen LogP contribution in [0.2, 0.25) is 0 Å². The number of nitrogens with zero attached hydrogens (tertiary/aromatic N) is 4. The molecule has 3 heterocycles. The first-order valence-corrected chi connectivity index (χ1v) is 8.17. The molecule has 0 N–H and O–H groups in total. The van der Waals surface area contributed by atoms with E-state index >= 15 is 0 Å². The standard InChI is InChI=1S/C16H24N4O4/c1-10-8-20-13(14(21)18(5)24-10)11-9-19(7-6-12(11)17-20)15(22)23-16(2,3)4/h10H,6-9H2,1-5H3. The minimum atomic E-state index is -0.549. The molecule has 0 aliphatic carbocycles. The van der Waals surface area contributed by atoms with Crippen molar-refractivity contribution in [2.45, 2.75) is 58.9 Å². The van der Waals surface area contributed by atoms with Crippen LogP contribution in [0, 0.1) is 0 Å². The van der Waals surface area contributed by atoms with Gasteiger partial charge in [-0.1, -0.05) is 0 Å². The second-order valence-electron chi connectivity index (χ2n) is 7.33. The number of hydrogen-bond acceptors (Lipinski definition) is 5. The summed E-state index contributed by atoms with van der Waals surface area (Å²) in [6.45, 7) is 8.77. The van der Waals surface area contributed by atoms with Crippen LogP contribution < -0.4 is 0 Å². The van der Waals surface area contributed by atoms with Crippen molar-refractivity contribution in [1.82, 2.24) is 19.7 Å². The van der Waals surface area contributed by atoms with E-state index in [0.717, 1.165) is 11.3 Å². The molecule has 8 nitrogen and oxygen atoms in total. The fourth-order valence-corrected chi connectivity index (χ4v) is 3.02. The molecule has 1 atom stereocenters. The molecule has 0 spiro atoms. The molecular weight excluding hydrogens is 312 g/mol. The Balaban J connectivity index is 1.89. The van der Waals surface area contributed by atoms with E-state index in [0.29, 0.717) is 31.7 Å². The maximum atomic E-state index is 12.6. The van der Waals surface area contributed by atoms with Gasteiger partial charge in [-0.2, -0.15) is 5.10 Å². The predicted molar refractivity (Wildman–Crippen MR) is 85.2 cm³/mol. The normalized spacial score (nSPS) is 21.2. The second kappa shape index (κ2) is 5.77. The lowest BCUT2D eigenvalue weighted by atomic mass is 10.1. The van der Waals surface area contributed by atoms with E-state index < -0.39 is 5.60 Å². The molecule has 3 rings (SSSR count). The highest BCUT2D eigenvalue weighted by molar-refractivity contribution is 5.94. The van der Waals surface area contributed by atoms with Crippen molar-refractivity contribution in [3.8, 4) is 0 Å². The number of hydroxylamine groups is 2. The van der Waals surface area contributed by atoms with E-state index in [1.165, 1.54) is 5.06 Å². The second-order valence-corrected chi connectivity index (χ2v) is 7.33. The van der Waals surface area contributed by atoms with E-state index in [-0.39, 0.29) is 18.1 Å². The molecule has 0 radical (unpaired) electrons. The summed E-state index contributed by atoms with van der Waals surface area (Å²) in [5.74, 6) is -0.237. The largest absolute Gasteiger partial charge is 0.444 e. The van der Waals surface area contributed by atoms with E-state index in [4.69, 9.17) is 9.57 Å². The average molecular weight is 336 g/mol. The van der Waals surface area contributed by atoms with Crippen LogP contribution in [0.15, 0.2) is 0 Å². The highest BCUT2D eigenvalue weighted by Gasteiger charge is 2.35. The van der Waals surface area contributed by atoms with Gasteiger partial charge >= 0.3 is 6.09 Å². The van der Waals surface area contributed by atoms with Gasteiger partial charge in [0.2, 0.25) is 0 Å². The molecule has 2 amide bonds. The third kappa shape index (κ3) is 3.10. The Morgan fingerprint density at radius 1 is 1.38 bits per heavy atom. The highest BCUT2D eigenvalue weighted by Crippen LogP contribution is 2.26. The Hall–Kier alpha value is -2.09. The monoisotopic (exact) mass is 336 g/mol. The molecule has 0 aromatic carbocycles. The first kappa shape index (κ1) is 16.8. The first-order valence-electron chi connectivity index (χ1n) is 8.17. The Kier molecular flexibility index (Phi) is 4.03. The number of aromatic nitrogens is 2. The third-order valence-corrected chi connectivity index (χ3v) is 4.01. The highest BCUT2D eigenvalue weighted by atomic mass is 16.7. The zero-order chi connectivity index (χ0) is 17.6. The summed E-state index contributed by atoms with van der Waals surface area (Å²) in [5, 5.41) is 5.81. The molecule has 8 heteroatoms. The number of carbonyl (C=O) groups excluding carboxylic acids is 2. The number of carbonyl (C=O) groups is 2. The lowest BCUT2D eigenvalue weighted by Gasteiger charge is -2.30. The van der Waals surface area contributed by atoms with Gasteiger partial charge in [-0.3, -0.25) is 14.3 Å². The number of hydrogen-bond donors (Lipinski definition) is 0. The number of ether oxygens (including phenoxy) is 1. The predicted octanol–water partition coefficient (Wildman–Crippen LogP) is 1.58. The number of fused-ring (bicyclic) bond motifs is 3. The van der Waals surface area contributed by atoms with Gasteiger partial charge in [-0.25, -0.2) is 9.86 Å². The summed E-state index contributed by atoms with van der Waals surface area (Å²) < 4.78 is 7.15. The van der Waals surface area contributed by atoms with Gasteiger partial charge in [-0.05, 0) is 27.7 Å². The van der Waals surface area contributed by atoms with Crippen LogP contribution in [0.1, 0.15) is 49.4 Å². The zero-order valence-corrected chi connectivity index (χ0v) is 14.8. The number of amides is 2. The summed E-state index contributed by atoms with van der Waals surface area (Å²) in [4.78, 5) is 32.1. The van der Waals surface area contributed by atoms with Gasteiger partial charge in [0.1, 0.15) is 17.4 Å². The summed E-state index contributed by atoms with van der Waals surface area (Å²) in [5.41, 5.74) is 1.62. The molecule has 132 valence electrons. The van der Waals surface area contributed by atoms with Crippen LogP contribution in [-0.4, -0.2) is 57.0 Å². The molecule has 0 saturated heterocycles. The maximum absolute atomic E-state index is 12.6. The van der Waals surface area contributed by atoms with Gasteiger partial charge in [0, 0.05) is 25.6 Å². The Morgan fingerprint density at radius 2 is 2.08 bits per heavy atom. The van der Waals surface area contributed by atoms with E-state index in [2.05, 4.69) is 5.10 Å². The van der Waals surface area contributed by atoms with Crippen molar-refractivity contribution in [3.05, 3.63) is 17.0 Å².